The van der Waals surface area contributed by atoms with E-state index in [1.54, 1.807) is 0 Å². The monoisotopic (exact) mass is 296 g/mol. The van der Waals surface area contributed by atoms with Crippen molar-refractivity contribution >= 4 is 0 Å². The molecule has 1 aliphatic rings. The summed E-state index contributed by atoms with van der Waals surface area (Å²) in [7, 11) is 0. The molecule has 1 heterocycles. The topological polar surface area (TPSA) is 30.5 Å². The van der Waals surface area contributed by atoms with E-state index in [4.69, 9.17) is 9.47 Å². The fourth-order valence-corrected chi connectivity index (χ4v) is 2.93. The molecule has 0 bridgehead atoms. The van der Waals surface area contributed by atoms with Gasteiger partial charge in [0.05, 0.1) is 6.61 Å². The van der Waals surface area contributed by atoms with Crippen LogP contribution in [0.2, 0.25) is 0 Å². The zero-order valence-corrected chi connectivity index (χ0v) is 12.9. The summed E-state index contributed by atoms with van der Waals surface area (Å²) in [5, 5.41) is 3.42. The molecule has 0 aliphatic carbocycles. The molecule has 3 heteroatoms. The SMILES string of the molecule is CCOc1cccc(OC2CNCCC2c2[c]cccc2)c1. The lowest BCUT2D eigenvalue weighted by molar-refractivity contribution is 0.142. The Kier molecular flexibility index (Phi) is 4.96. The fraction of sp³-hybridized carbons (Fsp3) is 0.368. The maximum Gasteiger partial charge on any atom is 0.123 e. The molecular formula is C19H22NO2. The van der Waals surface area contributed by atoms with Gasteiger partial charge < -0.3 is 14.8 Å². The average molecular weight is 296 g/mol. The van der Waals surface area contributed by atoms with E-state index in [9.17, 15) is 0 Å². The summed E-state index contributed by atoms with van der Waals surface area (Å²) in [5.74, 6) is 2.09. The van der Waals surface area contributed by atoms with Gasteiger partial charge in [-0.25, -0.2) is 0 Å². The molecule has 22 heavy (non-hydrogen) atoms. The predicted molar refractivity (Wildman–Crippen MR) is 87.5 cm³/mol. The number of piperidine rings is 1. The lowest BCUT2D eigenvalue weighted by Gasteiger charge is -2.32. The second-order valence-electron chi connectivity index (χ2n) is 5.48. The van der Waals surface area contributed by atoms with Gasteiger partial charge in [-0.1, -0.05) is 30.3 Å². The summed E-state index contributed by atoms with van der Waals surface area (Å²) < 4.78 is 11.8. The Balaban J connectivity index is 1.75. The van der Waals surface area contributed by atoms with Gasteiger partial charge in [0.15, 0.2) is 0 Å². The van der Waals surface area contributed by atoms with Crippen molar-refractivity contribution in [1.29, 1.82) is 0 Å². The summed E-state index contributed by atoms with van der Waals surface area (Å²) >= 11 is 0. The van der Waals surface area contributed by atoms with Crippen molar-refractivity contribution in [3.63, 3.8) is 0 Å². The van der Waals surface area contributed by atoms with Crippen LogP contribution in [-0.4, -0.2) is 25.8 Å². The Labute approximate surface area is 132 Å². The van der Waals surface area contributed by atoms with Gasteiger partial charge in [0.2, 0.25) is 0 Å². The van der Waals surface area contributed by atoms with Gasteiger partial charge in [-0.2, -0.15) is 0 Å². The first-order valence-corrected chi connectivity index (χ1v) is 7.93. The van der Waals surface area contributed by atoms with Crippen molar-refractivity contribution in [3.8, 4) is 11.5 Å². The molecule has 1 fully saturated rings. The van der Waals surface area contributed by atoms with Gasteiger partial charge in [0.25, 0.3) is 0 Å². The molecule has 3 rings (SSSR count). The third kappa shape index (κ3) is 3.60. The molecule has 2 aromatic carbocycles. The maximum absolute atomic E-state index is 6.25. The third-order valence-corrected chi connectivity index (χ3v) is 3.96. The van der Waals surface area contributed by atoms with Crippen LogP contribution >= 0.6 is 0 Å². The first-order chi connectivity index (χ1) is 10.9. The largest absolute Gasteiger partial charge is 0.494 e. The summed E-state index contributed by atoms with van der Waals surface area (Å²) in [5.41, 5.74) is 1.23. The third-order valence-electron chi connectivity index (χ3n) is 3.96. The molecule has 1 saturated heterocycles. The van der Waals surface area contributed by atoms with Crippen molar-refractivity contribution in [2.45, 2.75) is 25.4 Å². The van der Waals surface area contributed by atoms with E-state index in [0.29, 0.717) is 12.5 Å². The number of hydrogen-bond acceptors (Lipinski definition) is 3. The minimum atomic E-state index is 0.115. The van der Waals surface area contributed by atoms with E-state index in [1.807, 2.05) is 43.3 Å². The van der Waals surface area contributed by atoms with Crippen LogP contribution in [0.4, 0.5) is 0 Å². The molecule has 3 nitrogen and oxygen atoms in total. The van der Waals surface area contributed by atoms with Crippen LogP contribution < -0.4 is 14.8 Å². The minimum Gasteiger partial charge on any atom is -0.494 e. The highest BCUT2D eigenvalue weighted by Gasteiger charge is 2.28. The lowest BCUT2D eigenvalue weighted by atomic mass is 9.88. The Morgan fingerprint density at radius 1 is 1.18 bits per heavy atom. The lowest BCUT2D eigenvalue weighted by Crippen LogP contribution is -2.42. The molecule has 1 aliphatic heterocycles. The van der Waals surface area contributed by atoms with Gasteiger partial charge in [-0.15, -0.1) is 0 Å². The second kappa shape index (κ2) is 7.32. The molecule has 1 N–H and O–H groups in total. The van der Waals surface area contributed by atoms with Crippen molar-refractivity contribution in [2.24, 2.45) is 0 Å². The van der Waals surface area contributed by atoms with Crippen molar-refractivity contribution in [1.82, 2.24) is 5.32 Å². The van der Waals surface area contributed by atoms with Crippen LogP contribution in [0.1, 0.15) is 24.8 Å². The Morgan fingerprint density at radius 3 is 2.91 bits per heavy atom. The first-order valence-electron chi connectivity index (χ1n) is 7.93. The van der Waals surface area contributed by atoms with Gasteiger partial charge >= 0.3 is 0 Å². The number of ether oxygens (including phenoxy) is 2. The molecular weight excluding hydrogens is 274 g/mol. The van der Waals surface area contributed by atoms with Crippen molar-refractivity contribution in [2.75, 3.05) is 19.7 Å². The van der Waals surface area contributed by atoms with E-state index in [0.717, 1.165) is 31.0 Å². The van der Waals surface area contributed by atoms with Crippen LogP contribution in [0, 0.1) is 6.07 Å². The van der Waals surface area contributed by atoms with Crippen LogP contribution in [0.5, 0.6) is 11.5 Å². The highest BCUT2D eigenvalue weighted by Crippen LogP contribution is 2.29. The smallest absolute Gasteiger partial charge is 0.123 e. The van der Waals surface area contributed by atoms with E-state index in [2.05, 4.69) is 23.5 Å². The predicted octanol–water partition coefficient (Wildman–Crippen LogP) is 3.41. The van der Waals surface area contributed by atoms with Gasteiger partial charge in [0.1, 0.15) is 17.6 Å². The number of nitrogens with one attached hydrogen (secondary N) is 1. The van der Waals surface area contributed by atoms with E-state index < -0.39 is 0 Å². The van der Waals surface area contributed by atoms with Crippen molar-refractivity contribution < 1.29 is 9.47 Å². The number of hydrogen-bond donors (Lipinski definition) is 1. The van der Waals surface area contributed by atoms with Crippen molar-refractivity contribution in [3.05, 3.63) is 60.2 Å². The maximum atomic E-state index is 6.25. The average Bonchev–Trinajstić information content (AvgIpc) is 2.57. The minimum absolute atomic E-state index is 0.115. The zero-order chi connectivity index (χ0) is 15.2. The van der Waals surface area contributed by atoms with Crippen LogP contribution in [0.25, 0.3) is 0 Å². The molecule has 2 atom stereocenters. The second-order valence-corrected chi connectivity index (χ2v) is 5.48. The number of rotatable bonds is 5. The van der Waals surface area contributed by atoms with E-state index in [-0.39, 0.29) is 6.10 Å². The first kappa shape index (κ1) is 14.9. The summed E-state index contributed by atoms with van der Waals surface area (Å²) in [6, 6.07) is 19.4. The normalized spacial score (nSPS) is 21.3. The van der Waals surface area contributed by atoms with Gasteiger partial charge in [0, 0.05) is 18.5 Å². The number of benzene rings is 2. The van der Waals surface area contributed by atoms with Gasteiger partial charge in [-0.05, 0) is 43.7 Å². The Morgan fingerprint density at radius 2 is 2.09 bits per heavy atom. The van der Waals surface area contributed by atoms with E-state index in [1.165, 1.54) is 5.56 Å². The fourth-order valence-electron chi connectivity index (χ4n) is 2.93. The highest BCUT2D eigenvalue weighted by molar-refractivity contribution is 5.33. The molecule has 2 aromatic rings. The summed E-state index contributed by atoms with van der Waals surface area (Å²) in [6.45, 7) is 4.52. The van der Waals surface area contributed by atoms with Crippen LogP contribution in [-0.2, 0) is 0 Å². The van der Waals surface area contributed by atoms with Crippen LogP contribution in [0.15, 0.2) is 48.5 Å². The van der Waals surface area contributed by atoms with Crippen LogP contribution in [0.3, 0.4) is 0 Å². The standard InChI is InChI=1S/C19H22NO2/c1-2-21-16-9-6-10-17(13-16)22-19-14-20-12-11-18(19)15-7-4-3-5-8-15/h3-7,9-10,13,18-20H,2,11-12,14H2,1H3. The van der Waals surface area contributed by atoms with Gasteiger partial charge in [-0.3, -0.25) is 0 Å². The zero-order valence-electron chi connectivity index (χ0n) is 12.9. The molecule has 1 radical (unpaired) electrons. The Bertz CT molecular complexity index is 585. The van der Waals surface area contributed by atoms with E-state index >= 15 is 0 Å². The molecule has 2 unspecified atom stereocenters. The summed E-state index contributed by atoms with van der Waals surface area (Å²) in [6.07, 6.45) is 1.18. The Hall–Kier alpha value is -2.00. The molecule has 0 aromatic heterocycles. The molecule has 115 valence electrons. The summed E-state index contributed by atoms with van der Waals surface area (Å²) in [4.78, 5) is 0. The molecule has 0 spiro atoms. The molecule has 0 saturated carbocycles. The quantitative estimate of drug-likeness (QED) is 0.917. The molecule has 0 amide bonds. The highest BCUT2D eigenvalue weighted by atomic mass is 16.5.